The zero-order valence-corrected chi connectivity index (χ0v) is 21.6. The van der Waals surface area contributed by atoms with Crippen molar-refractivity contribution in [3.63, 3.8) is 0 Å². The number of nitrogens with zero attached hydrogens (tertiary/aromatic N) is 1. The maximum atomic E-state index is 13.0. The lowest BCUT2D eigenvalue weighted by molar-refractivity contribution is -0.142. The molecule has 4 atom stereocenters. The van der Waals surface area contributed by atoms with Gasteiger partial charge in [-0.25, -0.2) is 4.79 Å². The molecule has 0 saturated carbocycles. The van der Waals surface area contributed by atoms with E-state index in [0.29, 0.717) is 25.8 Å². The van der Waals surface area contributed by atoms with Crippen molar-refractivity contribution in [1.29, 1.82) is 0 Å². The standard InChI is InChI=1S/C22H43N9O6/c1-12(2)10-15(30-18(33)13(24)6-3-4-8-23)19(34)31-16(11-17(25)32)20(35)29-14(21(36)37)7-5-9-28-22(26)27/h12-16H,3-11,23-24H2,1-2H3,(H2,25,32)(H,29,35)(H,30,33)(H,31,34)(H,36,37)(H4,26,27,28). The van der Waals surface area contributed by atoms with E-state index >= 15 is 0 Å². The molecule has 15 heteroatoms. The molecule has 37 heavy (non-hydrogen) atoms. The second kappa shape index (κ2) is 17.9. The number of rotatable bonds is 19. The summed E-state index contributed by atoms with van der Waals surface area (Å²) in [4.78, 5) is 65.3. The minimum absolute atomic E-state index is 0.0107. The number of primary amides is 1. The number of aliphatic carboxylic acids is 1. The number of hydrogen-bond acceptors (Lipinski definition) is 8. The van der Waals surface area contributed by atoms with Gasteiger partial charge in [-0.1, -0.05) is 20.3 Å². The van der Waals surface area contributed by atoms with Crippen LogP contribution in [0.4, 0.5) is 0 Å². The Balaban J connectivity index is 5.43. The molecule has 0 radical (unpaired) electrons. The predicted molar refractivity (Wildman–Crippen MR) is 137 cm³/mol. The molecule has 0 aliphatic rings. The highest BCUT2D eigenvalue weighted by atomic mass is 16.4. The molecule has 0 aliphatic carbocycles. The van der Waals surface area contributed by atoms with Crippen LogP contribution >= 0.6 is 0 Å². The molecular weight excluding hydrogens is 486 g/mol. The van der Waals surface area contributed by atoms with E-state index in [2.05, 4.69) is 20.9 Å². The number of carboxylic acids is 1. The van der Waals surface area contributed by atoms with Crippen LogP contribution in [0.2, 0.25) is 0 Å². The molecule has 4 amide bonds. The molecule has 0 rings (SSSR count). The Hall–Kier alpha value is -3.46. The first-order valence-corrected chi connectivity index (χ1v) is 12.2. The van der Waals surface area contributed by atoms with Crippen LogP contribution < -0.4 is 44.6 Å². The summed E-state index contributed by atoms with van der Waals surface area (Å²) in [5.41, 5.74) is 27.1. The van der Waals surface area contributed by atoms with Gasteiger partial charge in [0.05, 0.1) is 12.5 Å². The van der Waals surface area contributed by atoms with Gasteiger partial charge in [0.1, 0.15) is 18.1 Å². The third-order valence-electron chi connectivity index (χ3n) is 5.24. The number of nitrogens with two attached hydrogens (primary N) is 5. The van der Waals surface area contributed by atoms with Crippen LogP contribution in [0.25, 0.3) is 0 Å². The number of hydrogen-bond donors (Lipinski definition) is 9. The van der Waals surface area contributed by atoms with Gasteiger partial charge in [0.2, 0.25) is 23.6 Å². The second-order valence-electron chi connectivity index (χ2n) is 9.16. The zero-order chi connectivity index (χ0) is 28.5. The Morgan fingerprint density at radius 2 is 1.38 bits per heavy atom. The Kier molecular flexibility index (Phi) is 16.2. The van der Waals surface area contributed by atoms with E-state index in [0.717, 1.165) is 0 Å². The van der Waals surface area contributed by atoms with Gasteiger partial charge in [0.25, 0.3) is 0 Å². The third-order valence-corrected chi connectivity index (χ3v) is 5.24. The average molecular weight is 530 g/mol. The lowest BCUT2D eigenvalue weighted by atomic mass is 10.0. The molecule has 0 aromatic rings. The molecule has 212 valence electrons. The molecule has 0 fully saturated rings. The maximum absolute atomic E-state index is 13.0. The molecule has 0 aromatic carbocycles. The fourth-order valence-electron chi connectivity index (χ4n) is 3.34. The number of unbranched alkanes of at least 4 members (excludes halogenated alkanes) is 1. The summed E-state index contributed by atoms with van der Waals surface area (Å²) in [6.07, 6.45) is 1.60. The average Bonchev–Trinajstić information content (AvgIpc) is 2.78. The highest BCUT2D eigenvalue weighted by Gasteiger charge is 2.31. The number of carboxylic acid groups (broad SMARTS) is 1. The predicted octanol–water partition coefficient (Wildman–Crippen LogP) is -3.04. The molecule has 0 aliphatic heterocycles. The summed E-state index contributed by atoms with van der Waals surface area (Å²) < 4.78 is 0. The summed E-state index contributed by atoms with van der Waals surface area (Å²) in [7, 11) is 0. The van der Waals surface area contributed by atoms with Crippen LogP contribution in [-0.2, 0) is 24.0 Å². The number of carbonyl (C=O) groups excluding carboxylic acids is 4. The lowest BCUT2D eigenvalue weighted by Gasteiger charge is -2.25. The topological polar surface area (TPSA) is 284 Å². The van der Waals surface area contributed by atoms with Crippen molar-refractivity contribution in [3.8, 4) is 0 Å². The van der Waals surface area contributed by atoms with E-state index in [9.17, 15) is 29.1 Å². The smallest absolute Gasteiger partial charge is 0.326 e. The van der Waals surface area contributed by atoms with Crippen molar-refractivity contribution < 1.29 is 29.1 Å². The fourth-order valence-corrected chi connectivity index (χ4v) is 3.34. The van der Waals surface area contributed by atoms with Crippen molar-refractivity contribution >= 4 is 35.6 Å². The minimum Gasteiger partial charge on any atom is -0.480 e. The Bertz CT molecular complexity index is 802. The molecule has 14 N–H and O–H groups in total. The molecule has 4 unspecified atom stereocenters. The lowest BCUT2D eigenvalue weighted by Crippen LogP contribution is -2.58. The Morgan fingerprint density at radius 3 is 1.89 bits per heavy atom. The van der Waals surface area contributed by atoms with Gasteiger partial charge < -0.3 is 49.7 Å². The number of aliphatic imine (C=N–C) groups is 1. The van der Waals surface area contributed by atoms with E-state index in [1.165, 1.54) is 0 Å². The number of nitrogens with one attached hydrogen (secondary N) is 3. The molecule has 15 nitrogen and oxygen atoms in total. The molecule has 0 aromatic heterocycles. The van der Waals surface area contributed by atoms with E-state index < -0.39 is 60.2 Å². The maximum Gasteiger partial charge on any atom is 0.326 e. The van der Waals surface area contributed by atoms with E-state index in [1.54, 1.807) is 0 Å². The number of carbonyl (C=O) groups is 5. The van der Waals surface area contributed by atoms with Crippen molar-refractivity contribution in [1.82, 2.24) is 16.0 Å². The van der Waals surface area contributed by atoms with Crippen LogP contribution in [0.15, 0.2) is 4.99 Å². The molecule has 0 heterocycles. The van der Waals surface area contributed by atoms with Crippen LogP contribution in [0.3, 0.4) is 0 Å². The highest BCUT2D eigenvalue weighted by molar-refractivity contribution is 5.96. The first-order chi connectivity index (χ1) is 17.3. The molecule has 0 spiro atoms. The van der Waals surface area contributed by atoms with Gasteiger partial charge >= 0.3 is 5.97 Å². The number of guanidine groups is 1. The summed E-state index contributed by atoms with van der Waals surface area (Å²) in [5.74, 6) is -4.59. The summed E-state index contributed by atoms with van der Waals surface area (Å²) >= 11 is 0. The fraction of sp³-hybridized carbons (Fsp3) is 0.727. The van der Waals surface area contributed by atoms with E-state index in [-0.39, 0.29) is 37.7 Å². The van der Waals surface area contributed by atoms with Crippen molar-refractivity contribution in [2.24, 2.45) is 39.6 Å². The first-order valence-electron chi connectivity index (χ1n) is 12.2. The Labute approximate surface area is 216 Å². The van der Waals surface area contributed by atoms with Crippen molar-refractivity contribution in [2.75, 3.05) is 13.1 Å². The van der Waals surface area contributed by atoms with Gasteiger partial charge in [0, 0.05) is 6.54 Å². The first kappa shape index (κ1) is 33.5. The SMILES string of the molecule is CC(C)CC(NC(=O)C(N)CCCCN)C(=O)NC(CC(N)=O)C(=O)NC(CCCN=C(N)N)C(=O)O. The number of amides is 4. The summed E-state index contributed by atoms with van der Waals surface area (Å²) in [6, 6.07) is -4.69. The van der Waals surface area contributed by atoms with Gasteiger partial charge in [-0.05, 0) is 44.6 Å². The molecule has 0 saturated heterocycles. The van der Waals surface area contributed by atoms with Gasteiger partial charge in [-0.3, -0.25) is 24.2 Å². The van der Waals surface area contributed by atoms with Gasteiger partial charge in [-0.15, -0.1) is 0 Å². The molecular formula is C22H43N9O6. The van der Waals surface area contributed by atoms with Crippen molar-refractivity contribution in [2.45, 2.75) is 83.0 Å². The monoisotopic (exact) mass is 529 g/mol. The van der Waals surface area contributed by atoms with E-state index in [1.807, 2.05) is 13.8 Å². The van der Waals surface area contributed by atoms with Gasteiger partial charge in [0.15, 0.2) is 5.96 Å². The second-order valence-corrected chi connectivity index (χ2v) is 9.16. The Morgan fingerprint density at radius 1 is 0.811 bits per heavy atom. The van der Waals surface area contributed by atoms with Crippen LogP contribution in [0, 0.1) is 5.92 Å². The van der Waals surface area contributed by atoms with Crippen LogP contribution in [0.5, 0.6) is 0 Å². The summed E-state index contributed by atoms with van der Waals surface area (Å²) in [6.45, 7) is 4.28. The molecule has 0 bridgehead atoms. The third kappa shape index (κ3) is 15.3. The zero-order valence-electron chi connectivity index (χ0n) is 21.6. The van der Waals surface area contributed by atoms with E-state index in [4.69, 9.17) is 28.7 Å². The largest absolute Gasteiger partial charge is 0.480 e. The van der Waals surface area contributed by atoms with Crippen molar-refractivity contribution in [3.05, 3.63) is 0 Å². The van der Waals surface area contributed by atoms with Crippen LogP contribution in [0.1, 0.15) is 58.8 Å². The quantitative estimate of drug-likeness (QED) is 0.0463. The minimum atomic E-state index is -1.46. The summed E-state index contributed by atoms with van der Waals surface area (Å²) in [5, 5.41) is 16.7. The van der Waals surface area contributed by atoms with Gasteiger partial charge in [-0.2, -0.15) is 0 Å². The highest BCUT2D eigenvalue weighted by Crippen LogP contribution is 2.08. The normalized spacial score (nSPS) is 14.1. The van der Waals surface area contributed by atoms with Crippen LogP contribution in [-0.4, -0.2) is 77.9 Å².